The van der Waals surface area contributed by atoms with Gasteiger partial charge in [0.1, 0.15) is 0 Å². The van der Waals surface area contributed by atoms with Crippen LogP contribution in [-0.4, -0.2) is 11.2 Å². The first-order valence-electron chi connectivity index (χ1n) is 15.3. The molecule has 0 saturated heterocycles. The molecule has 206 valence electrons. The lowest BCUT2D eigenvalue weighted by atomic mass is 9.91. The number of pyridine rings is 1. The highest BCUT2D eigenvalue weighted by Gasteiger charge is 2.15. The number of allylic oxidation sites excluding steroid dienone is 4. The number of nitrogens with zero attached hydrogens (tertiary/aromatic N) is 2. The van der Waals surface area contributed by atoms with Crippen LogP contribution < -0.4 is 0 Å². The highest BCUT2D eigenvalue weighted by molar-refractivity contribution is 5.99. The number of aromatic nitrogens is 1. The molecule has 0 saturated carbocycles. The molecule has 2 aliphatic rings. The highest BCUT2D eigenvalue weighted by Crippen LogP contribution is 2.39. The maximum Gasteiger partial charge on any atom is 0.0736 e. The average Bonchev–Trinajstić information content (AvgIpc) is 3.07. The maximum atomic E-state index is 5.26. The Labute approximate surface area is 252 Å². The minimum absolute atomic E-state index is 0.544. The molecule has 5 aromatic carbocycles. The van der Waals surface area contributed by atoms with Crippen molar-refractivity contribution in [2.24, 2.45) is 10.9 Å². The van der Waals surface area contributed by atoms with Crippen molar-refractivity contribution < 1.29 is 0 Å². The predicted octanol–water partition coefficient (Wildman–Crippen LogP) is 11.0. The van der Waals surface area contributed by atoms with Gasteiger partial charge in [0.05, 0.1) is 16.9 Å². The van der Waals surface area contributed by atoms with Crippen LogP contribution in [0.15, 0.2) is 132 Å². The second kappa shape index (κ2) is 10.6. The molecule has 2 heteroatoms. The standard InChI is InChI=1S/C41H32N2/c1-27-7-4-11-32(23-27)34-20-21-37-38(26-39(43-40(37)25-34)35-19-14-28-8-2-3-9-33(28)24-35)30-17-15-29(16-18-30)36-13-5-10-31-12-6-22-42-41(31)36/h2-5,8-11,13-27H,6-7,12H2,1H3. The van der Waals surface area contributed by atoms with Crippen molar-refractivity contribution in [3.63, 3.8) is 0 Å². The predicted molar refractivity (Wildman–Crippen MR) is 183 cm³/mol. The molecular formula is C41H32N2. The van der Waals surface area contributed by atoms with Gasteiger partial charge in [-0.25, -0.2) is 4.98 Å². The molecule has 1 unspecified atom stereocenters. The van der Waals surface area contributed by atoms with E-state index >= 15 is 0 Å². The van der Waals surface area contributed by atoms with Crippen LogP contribution in [-0.2, 0) is 6.42 Å². The first-order valence-corrected chi connectivity index (χ1v) is 15.3. The summed E-state index contributed by atoms with van der Waals surface area (Å²) in [4.78, 5) is 10.0. The highest BCUT2D eigenvalue weighted by atomic mass is 14.7. The van der Waals surface area contributed by atoms with Gasteiger partial charge in [-0.1, -0.05) is 116 Å². The summed E-state index contributed by atoms with van der Waals surface area (Å²) in [6.07, 6.45) is 12.1. The summed E-state index contributed by atoms with van der Waals surface area (Å²) in [5.41, 5.74) is 12.8. The van der Waals surface area contributed by atoms with Crippen LogP contribution in [0, 0.1) is 5.92 Å². The summed E-state index contributed by atoms with van der Waals surface area (Å²) in [7, 11) is 0. The lowest BCUT2D eigenvalue weighted by Crippen LogP contribution is -1.96. The molecule has 1 aliphatic heterocycles. The number of fused-ring (bicyclic) bond motifs is 3. The van der Waals surface area contributed by atoms with E-state index < -0.39 is 0 Å². The van der Waals surface area contributed by atoms with Gasteiger partial charge in [0.2, 0.25) is 0 Å². The molecule has 1 atom stereocenters. The molecular weight excluding hydrogens is 520 g/mol. The molecule has 0 amide bonds. The Kier molecular flexibility index (Phi) is 6.34. The normalized spacial score (nSPS) is 15.9. The Hall–Kier alpha value is -5.08. The summed E-state index contributed by atoms with van der Waals surface area (Å²) < 4.78 is 0. The summed E-state index contributed by atoms with van der Waals surface area (Å²) in [6.45, 7) is 2.28. The summed E-state index contributed by atoms with van der Waals surface area (Å²) in [6, 6.07) is 39.7. The van der Waals surface area contributed by atoms with Gasteiger partial charge in [0.25, 0.3) is 0 Å². The van der Waals surface area contributed by atoms with E-state index in [0.29, 0.717) is 5.92 Å². The Morgan fingerprint density at radius 1 is 0.674 bits per heavy atom. The Morgan fingerprint density at radius 2 is 1.47 bits per heavy atom. The molecule has 43 heavy (non-hydrogen) atoms. The largest absolute Gasteiger partial charge is 0.260 e. The first kappa shape index (κ1) is 25.6. The zero-order chi connectivity index (χ0) is 28.8. The van der Waals surface area contributed by atoms with E-state index in [0.717, 1.165) is 47.1 Å². The van der Waals surface area contributed by atoms with Gasteiger partial charge in [0, 0.05) is 22.7 Å². The number of rotatable bonds is 4. The van der Waals surface area contributed by atoms with Crippen LogP contribution in [0.25, 0.3) is 60.8 Å². The number of aryl methyl sites for hydroxylation is 1. The third-order valence-electron chi connectivity index (χ3n) is 8.85. The zero-order valence-corrected chi connectivity index (χ0v) is 24.3. The topological polar surface area (TPSA) is 25.2 Å². The van der Waals surface area contributed by atoms with Crippen LogP contribution in [0.2, 0.25) is 0 Å². The van der Waals surface area contributed by atoms with E-state index in [9.17, 15) is 0 Å². The molecule has 0 radical (unpaired) electrons. The minimum atomic E-state index is 0.544. The maximum absolute atomic E-state index is 5.26. The van der Waals surface area contributed by atoms with Crippen molar-refractivity contribution in [1.82, 2.24) is 4.98 Å². The van der Waals surface area contributed by atoms with Crippen molar-refractivity contribution in [3.05, 3.63) is 139 Å². The van der Waals surface area contributed by atoms with E-state index in [2.05, 4.69) is 134 Å². The monoisotopic (exact) mass is 552 g/mol. The zero-order valence-electron chi connectivity index (χ0n) is 24.3. The van der Waals surface area contributed by atoms with Crippen LogP contribution in [0.4, 0.5) is 5.69 Å². The second-order valence-electron chi connectivity index (χ2n) is 11.8. The molecule has 0 spiro atoms. The Morgan fingerprint density at radius 3 is 2.33 bits per heavy atom. The molecule has 0 N–H and O–H groups in total. The summed E-state index contributed by atoms with van der Waals surface area (Å²) in [5.74, 6) is 0.544. The quantitative estimate of drug-likeness (QED) is 0.213. The third kappa shape index (κ3) is 4.79. The van der Waals surface area contributed by atoms with Crippen molar-refractivity contribution >= 4 is 39.2 Å². The van der Waals surface area contributed by atoms with E-state index in [-0.39, 0.29) is 0 Å². The van der Waals surface area contributed by atoms with E-state index in [1.807, 2.05) is 6.21 Å². The molecule has 8 rings (SSSR count). The van der Waals surface area contributed by atoms with E-state index in [1.165, 1.54) is 49.7 Å². The fraction of sp³-hybridized carbons (Fsp3) is 0.122. The average molecular weight is 553 g/mol. The fourth-order valence-electron chi connectivity index (χ4n) is 6.56. The lowest BCUT2D eigenvalue weighted by molar-refractivity contribution is 0.740. The van der Waals surface area contributed by atoms with Crippen molar-refractivity contribution in [2.75, 3.05) is 0 Å². The van der Waals surface area contributed by atoms with Crippen molar-refractivity contribution in [3.8, 4) is 33.5 Å². The van der Waals surface area contributed by atoms with Crippen LogP contribution in [0.3, 0.4) is 0 Å². The van der Waals surface area contributed by atoms with Gasteiger partial charge >= 0.3 is 0 Å². The fourth-order valence-corrected chi connectivity index (χ4v) is 6.56. The van der Waals surface area contributed by atoms with Crippen LogP contribution in [0.1, 0.15) is 30.9 Å². The Balaban J connectivity index is 1.28. The van der Waals surface area contributed by atoms with Gasteiger partial charge < -0.3 is 0 Å². The number of para-hydroxylation sites is 1. The van der Waals surface area contributed by atoms with Gasteiger partial charge in [-0.2, -0.15) is 0 Å². The number of benzene rings is 5. The lowest BCUT2D eigenvalue weighted by Gasteiger charge is -2.16. The van der Waals surface area contributed by atoms with E-state index in [1.54, 1.807) is 0 Å². The van der Waals surface area contributed by atoms with Crippen LogP contribution in [0.5, 0.6) is 0 Å². The van der Waals surface area contributed by atoms with Gasteiger partial charge in [0.15, 0.2) is 0 Å². The SMILES string of the molecule is CC1C=C(c2ccc3c(-c4ccc(-c5cccc6c5N=CCC6)cc4)cc(-c4ccc5ccccc5c4)nc3c2)C=CC1. The summed E-state index contributed by atoms with van der Waals surface area (Å²) >= 11 is 0. The number of hydrogen-bond donors (Lipinski definition) is 0. The Bertz CT molecular complexity index is 2110. The molecule has 1 aliphatic carbocycles. The number of hydrogen-bond acceptors (Lipinski definition) is 2. The molecule has 2 nitrogen and oxygen atoms in total. The molecule has 6 aromatic rings. The van der Waals surface area contributed by atoms with Crippen LogP contribution >= 0.6 is 0 Å². The molecule has 0 bridgehead atoms. The van der Waals surface area contributed by atoms with Crippen molar-refractivity contribution in [2.45, 2.75) is 26.2 Å². The van der Waals surface area contributed by atoms with Crippen molar-refractivity contribution in [1.29, 1.82) is 0 Å². The minimum Gasteiger partial charge on any atom is -0.260 e. The molecule has 1 aromatic heterocycles. The molecule has 0 fully saturated rings. The van der Waals surface area contributed by atoms with Gasteiger partial charge in [-0.05, 0) is 87.5 Å². The smallest absolute Gasteiger partial charge is 0.0736 e. The summed E-state index contributed by atoms with van der Waals surface area (Å²) in [5, 5.41) is 3.63. The second-order valence-corrected chi connectivity index (χ2v) is 11.8. The van der Waals surface area contributed by atoms with Gasteiger partial charge in [-0.15, -0.1) is 0 Å². The first-order chi connectivity index (χ1) is 21.2. The van der Waals surface area contributed by atoms with Gasteiger partial charge in [-0.3, -0.25) is 4.99 Å². The number of aliphatic imine (C=N–C) groups is 1. The molecule has 2 heterocycles. The third-order valence-corrected chi connectivity index (χ3v) is 8.85. The van der Waals surface area contributed by atoms with E-state index in [4.69, 9.17) is 9.98 Å².